The standard InChI is InChI=1S/C12H19ClN2O2S/c1-5-12(2,3)15(4)18(16,17)11-7-6-9(13)8-10(11)14/h6-8H,5,14H2,1-4H3. The van der Waals surface area contributed by atoms with Crippen LogP contribution in [0.2, 0.25) is 5.02 Å². The van der Waals surface area contributed by atoms with E-state index >= 15 is 0 Å². The van der Waals surface area contributed by atoms with Gasteiger partial charge in [-0.15, -0.1) is 0 Å². The van der Waals surface area contributed by atoms with Gasteiger partial charge in [-0.25, -0.2) is 8.42 Å². The van der Waals surface area contributed by atoms with Gasteiger partial charge in [0, 0.05) is 17.6 Å². The fraction of sp³-hybridized carbons (Fsp3) is 0.500. The first-order valence-electron chi connectivity index (χ1n) is 5.67. The van der Waals surface area contributed by atoms with E-state index in [1.54, 1.807) is 7.05 Å². The Labute approximate surface area is 114 Å². The predicted octanol–water partition coefficient (Wildman–Crippen LogP) is 2.73. The van der Waals surface area contributed by atoms with Gasteiger partial charge in [-0.3, -0.25) is 0 Å². The molecule has 0 atom stereocenters. The first kappa shape index (κ1) is 15.3. The monoisotopic (exact) mass is 290 g/mol. The summed E-state index contributed by atoms with van der Waals surface area (Å²) in [6, 6.07) is 4.41. The molecule has 0 aliphatic carbocycles. The second-order valence-corrected chi connectivity index (χ2v) is 7.19. The normalized spacial score (nSPS) is 13.0. The Morgan fingerprint density at radius 3 is 2.39 bits per heavy atom. The summed E-state index contributed by atoms with van der Waals surface area (Å²) in [6.45, 7) is 5.69. The molecule has 0 saturated heterocycles. The number of halogens is 1. The molecule has 0 aliphatic rings. The van der Waals surface area contributed by atoms with Crippen molar-refractivity contribution in [2.24, 2.45) is 0 Å². The van der Waals surface area contributed by atoms with Crippen molar-refractivity contribution in [1.82, 2.24) is 4.31 Å². The Balaban J connectivity index is 3.30. The van der Waals surface area contributed by atoms with Crippen LogP contribution in [0.25, 0.3) is 0 Å². The molecule has 0 saturated carbocycles. The van der Waals surface area contributed by atoms with Gasteiger partial charge in [0.25, 0.3) is 0 Å². The van der Waals surface area contributed by atoms with Crippen molar-refractivity contribution in [2.75, 3.05) is 12.8 Å². The van der Waals surface area contributed by atoms with E-state index in [1.165, 1.54) is 22.5 Å². The second-order valence-electron chi connectivity index (χ2n) is 4.82. The second kappa shape index (κ2) is 5.07. The molecule has 1 rings (SSSR count). The molecule has 0 bridgehead atoms. The average Bonchev–Trinajstić information content (AvgIpc) is 2.27. The lowest BCUT2D eigenvalue weighted by Crippen LogP contribution is -2.44. The highest BCUT2D eigenvalue weighted by Gasteiger charge is 2.33. The van der Waals surface area contributed by atoms with E-state index in [0.717, 1.165) is 0 Å². The summed E-state index contributed by atoms with van der Waals surface area (Å²) in [4.78, 5) is 0.0934. The molecule has 18 heavy (non-hydrogen) atoms. The van der Waals surface area contributed by atoms with Crippen LogP contribution < -0.4 is 5.73 Å². The molecule has 4 nitrogen and oxygen atoms in total. The highest BCUT2D eigenvalue weighted by atomic mass is 35.5. The molecule has 0 aromatic heterocycles. The van der Waals surface area contributed by atoms with E-state index < -0.39 is 15.6 Å². The minimum Gasteiger partial charge on any atom is -0.398 e. The van der Waals surface area contributed by atoms with Gasteiger partial charge in [0.1, 0.15) is 4.90 Å². The van der Waals surface area contributed by atoms with Gasteiger partial charge in [-0.2, -0.15) is 4.31 Å². The molecule has 0 radical (unpaired) electrons. The van der Waals surface area contributed by atoms with Crippen LogP contribution >= 0.6 is 11.6 Å². The topological polar surface area (TPSA) is 63.4 Å². The molecule has 2 N–H and O–H groups in total. The highest BCUT2D eigenvalue weighted by Crippen LogP contribution is 2.29. The first-order valence-corrected chi connectivity index (χ1v) is 7.49. The number of nitrogens with zero attached hydrogens (tertiary/aromatic N) is 1. The van der Waals surface area contributed by atoms with E-state index in [1.807, 2.05) is 20.8 Å². The van der Waals surface area contributed by atoms with Crippen LogP contribution in [0, 0.1) is 0 Å². The van der Waals surface area contributed by atoms with Crippen LogP contribution in [0.4, 0.5) is 5.69 Å². The van der Waals surface area contributed by atoms with Gasteiger partial charge in [-0.1, -0.05) is 18.5 Å². The fourth-order valence-corrected chi connectivity index (χ4v) is 3.30. The van der Waals surface area contributed by atoms with E-state index in [2.05, 4.69) is 0 Å². The van der Waals surface area contributed by atoms with Gasteiger partial charge in [-0.05, 0) is 38.5 Å². The van der Waals surface area contributed by atoms with Crippen molar-refractivity contribution in [2.45, 2.75) is 37.6 Å². The van der Waals surface area contributed by atoms with Gasteiger partial charge in [0.2, 0.25) is 10.0 Å². The van der Waals surface area contributed by atoms with E-state index in [9.17, 15) is 8.42 Å². The number of rotatable bonds is 4. The molecule has 0 heterocycles. The highest BCUT2D eigenvalue weighted by molar-refractivity contribution is 7.89. The lowest BCUT2D eigenvalue weighted by Gasteiger charge is -2.33. The third-order valence-electron chi connectivity index (χ3n) is 3.33. The van der Waals surface area contributed by atoms with Gasteiger partial charge >= 0.3 is 0 Å². The van der Waals surface area contributed by atoms with Crippen LogP contribution in [0.15, 0.2) is 23.1 Å². The van der Waals surface area contributed by atoms with Gasteiger partial charge in [0.05, 0.1) is 5.69 Å². The molecule has 0 amide bonds. The summed E-state index contributed by atoms with van der Waals surface area (Å²) in [7, 11) is -2.04. The SMILES string of the molecule is CCC(C)(C)N(C)S(=O)(=O)c1ccc(Cl)cc1N. The lowest BCUT2D eigenvalue weighted by molar-refractivity contribution is 0.257. The fourth-order valence-electron chi connectivity index (χ4n) is 1.45. The third kappa shape index (κ3) is 2.79. The first-order chi connectivity index (χ1) is 8.13. The Kier molecular flexibility index (Phi) is 4.30. The summed E-state index contributed by atoms with van der Waals surface area (Å²) in [6.07, 6.45) is 0.705. The van der Waals surface area contributed by atoms with Crippen molar-refractivity contribution < 1.29 is 8.42 Å². The van der Waals surface area contributed by atoms with Crippen LogP contribution in [0.1, 0.15) is 27.2 Å². The summed E-state index contributed by atoms with van der Waals surface area (Å²) in [5.41, 5.74) is 5.44. The zero-order valence-electron chi connectivity index (χ0n) is 11.1. The number of nitrogens with two attached hydrogens (primary N) is 1. The van der Waals surface area contributed by atoms with Crippen LogP contribution in [0.5, 0.6) is 0 Å². The van der Waals surface area contributed by atoms with E-state index in [0.29, 0.717) is 11.4 Å². The van der Waals surface area contributed by atoms with E-state index in [4.69, 9.17) is 17.3 Å². The predicted molar refractivity (Wildman–Crippen MR) is 75.2 cm³/mol. The summed E-state index contributed by atoms with van der Waals surface area (Å²) in [5.74, 6) is 0. The minimum absolute atomic E-state index is 0.0934. The Bertz CT molecular complexity index is 541. The van der Waals surface area contributed by atoms with E-state index in [-0.39, 0.29) is 10.6 Å². The number of hydrogen-bond acceptors (Lipinski definition) is 3. The minimum atomic E-state index is -3.61. The number of nitrogen functional groups attached to an aromatic ring is 1. The third-order valence-corrected chi connectivity index (χ3v) is 5.71. The van der Waals surface area contributed by atoms with Gasteiger partial charge in [0.15, 0.2) is 0 Å². The Hall–Kier alpha value is -0.780. The molecule has 0 fully saturated rings. The molecule has 1 aromatic rings. The van der Waals surface area contributed by atoms with Crippen LogP contribution in [-0.2, 0) is 10.0 Å². The largest absolute Gasteiger partial charge is 0.398 e. The number of anilines is 1. The molecule has 0 unspecified atom stereocenters. The summed E-state index contributed by atoms with van der Waals surface area (Å²) in [5, 5.41) is 0.420. The van der Waals surface area contributed by atoms with Crippen molar-refractivity contribution in [3.63, 3.8) is 0 Å². The van der Waals surface area contributed by atoms with Crippen molar-refractivity contribution in [1.29, 1.82) is 0 Å². The Morgan fingerprint density at radius 1 is 1.39 bits per heavy atom. The smallest absolute Gasteiger partial charge is 0.245 e. The molecular weight excluding hydrogens is 272 g/mol. The zero-order valence-corrected chi connectivity index (χ0v) is 12.6. The van der Waals surface area contributed by atoms with Gasteiger partial charge < -0.3 is 5.73 Å². The van der Waals surface area contributed by atoms with Crippen molar-refractivity contribution in [3.05, 3.63) is 23.2 Å². The van der Waals surface area contributed by atoms with Crippen LogP contribution in [0.3, 0.4) is 0 Å². The zero-order chi connectivity index (χ0) is 14.1. The quantitative estimate of drug-likeness (QED) is 0.867. The van der Waals surface area contributed by atoms with Crippen LogP contribution in [-0.4, -0.2) is 25.3 Å². The number of sulfonamides is 1. The molecular formula is C12H19ClN2O2S. The maximum absolute atomic E-state index is 12.5. The number of hydrogen-bond donors (Lipinski definition) is 1. The van der Waals surface area contributed by atoms with Crippen molar-refractivity contribution in [3.8, 4) is 0 Å². The maximum Gasteiger partial charge on any atom is 0.245 e. The lowest BCUT2D eigenvalue weighted by atomic mass is 10.0. The van der Waals surface area contributed by atoms with Crippen molar-refractivity contribution >= 4 is 27.3 Å². The summed E-state index contributed by atoms with van der Waals surface area (Å²) < 4.78 is 26.3. The molecule has 1 aromatic carbocycles. The summed E-state index contributed by atoms with van der Waals surface area (Å²) >= 11 is 5.78. The molecule has 0 spiro atoms. The molecule has 102 valence electrons. The maximum atomic E-state index is 12.5. The average molecular weight is 291 g/mol. The molecule has 6 heteroatoms. The molecule has 0 aliphatic heterocycles. The number of benzene rings is 1. The Morgan fingerprint density at radius 2 is 1.94 bits per heavy atom.